The third-order valence-electron chi connectivity index (χ3n) is 4.17. The van der Waals surface area contributed by atoms with Gasteiger partial charge in [-0.15, -0.1) is 0 Å². The van der Waals surface area contributed by atoms with E-state index in [1.165, 1.54) is 24.0 Å². The summed E-state index contributed by atoms with van der Waals surface area (Å²) in [4.78, 5) is 0. The maximum atomic E-state index is 13.0. The van der Waals surface area contributed by atoms with Crippen LogP contribution in [0.1, 0.15) is 36.4 Å². The summed E-state index contributed by atoms with van der Waals surface area (Å²) in [5.41, 5.74) is 2.61. The van der Waals surface area contributed by atoms with Crippen LogP contribution in [0.15, 0.2) is 54.6 Å². The zero-order chi connectivity index (χ0) is 14.5. The zero-order valence-corrected chi connectivity index (χ0v) is 12.3. The summed E-state index contributed by atoms with van der Waals surface area (Å²) in [6.45, 7) is 1.01. The van der Waals surface area contributed by atoms with Gasteiger partial charge in [-0.05, 0) is 61.4 Å². The van der Waals surface area contributed by atoms with Crippen molar-refractivity contribution < 1.29 is 4.39 Å². The Balaban J connectivity index is 1.51. The predicted molar refractivity (Wildman–Crippen MR) is 84.6 cm³/mol. The van der Waals surface area contributed by atoms with Crippen LogP contribution >= 0.6 is 0 Å². The van der Waals surface area contributed by atoms with Crippen molar-refractivity contribution in [1.82, 2.24) is 5.32 Å². The number of hydrogen-bond acceptors (Lipinski definition) is 1. The molecule has 2 aromatic rings. The summed E-state index contributed by atoms with van der Waals surface area (Å²) >= 11 is 0. The summed E-state index contributed by atoms with van der Waals surface area (Å²) < 4.78 is 13.0. The van der Waals surface area contributed by atoms with Crippen LogP contribution in [0, 0.1) is 11.7 Å². The molecule has 3 rings (SSSR count). The third kappa shape index (κ3) is 4.15. The van der Waals surface area contributed by atoms with E-state index in [-0.39, 0.29) is 5.82 Å². The molecule has 1 nitrogen and oxygen atoms in total. The van der Waals surface area contributed by atoms with Gasteiger partial charge in [0.25, 0.3) is 0 Å². The maximum absolute atomic E-state index is 13.0. The van der Waals surface area contributed by atoms with E-state index in [9.17, 15) is 4.39 Å². The summed E-state index contributed by atoms with van der Waals surface area (Å²) in [5.74, 6) is 0.574. The van der Waals surface area contributed by atoms with E-state index in [4.69, 9.17) is 0 Å². The van der Waals surface area contributed by atoms with Gasteiger partial charge in [-0.1, -0.05) is 42.5 Å². The molecule has 0 heterocycles. The summed E-state index contributed by atoms with van der Waals surface area (Å²) in [6, 6.07) is 18.0. The molecule has 0 spiro atoms. The van der Waals surface area contributed by atoms with Crippen molar-refractivity contribution in [3.63, 3.8) is 0 Å². The minimum absolute atomic E-state index is 0.155. The van der Waals surface area contributed by atoms with Gasteiger partial charge in [0.15, 0.2) is 0 Å². The Morgan fingerprint density at radius 2 is 1.71 bits per heavy atom. The van der Waals surface area contributed by atoms with Crippen molar-refractivity contribution in [2.45, 2.75) is 31.7 Å². The van der Waals surface area contributed by atoms with Gasteiger partial charge in [-0.25, -0.2) is 4.39 Å². The molecule has 0 aromatic heterocycles. The van der Waals surface area contributed by atoms with E-state index in [2.05, 4.69) is 35.6 Å². The van der Waals surface area contributed by atoms with Crippen molar-refractivity contribution in [3.8, 4) is 0 Å². The molecule has 1 saturated carbocycles. The molecule has 0 amide bonds. The Morgan fingerprint density at radius 3 is 2.38 bits per heavy atom. The molecular weight excluding hydrogens is 261 g/mol. The first-order chi connectivity index (χ1) is 10.3. The predicted octanol–water partition coefficient (Wildman–Crippen LogP) is 4.50. The normalized spacial score (nSPS) is 15.9. The molecule has 1 aliphatic carbocycles. The SMILES string of the molecule is Fc1ccc(C(NCCCc2ccccc2)C2CC2)cc1. The lowest BCUT2D eigenvalue weighted by Crippen LogP contribution is -2.24. The fourth-order valence-electron chi connectivity index (χ4n) is 2.85. The largest absolute Gasteiger partial charge is 0.310 e. The maximum Gasteiger partial charge on any atom is 0.123 e. The summed E-state index contributed by atoms with van der Waals surface area (Å²) in [5, 5.41) is 3.67. The van der Waals surface area contributed by atoms with E-state index in [1.54, 1.807) is 12.1 Å². The standard InChI is InChI=1S/C19H22FN/c20-18-12-10-17(11-13-18)19(16-8-9-16)21-14-4-7-15-5-2-1-3-6-15/h1-3,5-6,10-13,16,19,21H,4,7-9,14H2. The minimum Gasteiger partial charge on any atom is -0.310 e. The fraction of sp³-hybridized carbons (Fsp3) is 0.368. The van der Waals surface area contributed by atoms with Crippen molar-refractivity contribution in [2.24, 2.45) is 5.92 Å². The Labute approximate surface area is 126 Å². The molecular formula is C19H22FN. The average molecular weight is 283 g/mol. The molecule has 2 heteroatoms. The average Bonchev–Trinajstić information content (AvgIpc) is 3.34. The lowest BCUT2D eigenvalue weighted by Gasteiger charge is -2.19. The molecule has 2 aromatic carbocycles. The number of benzene rings is 2. The molecule has 0 saturated heterocycles. The van der Waals surface area contributed by atoms with Crippen LogP contribution in [0.3, 0.4) is 0 Å². The Kier molecular flexibility index (Phi) is 4.66. The van der Waals surface area contributed by atoms with Gasteiger partial charge >= 0.3 is 0 Å². The highest BCUT2D eigenvalue weighted by atomic mass is 19.1. The molecule has 1 aliphatic rings. The number of hydrogen-bond donors (Lipinski definition) is 1. The highest BCUT2D eigenvalue weighted by molar-refractivity contribution is 5.22. The third-order valence-corrected chi connectivity index (χ3v) is 4.17. The molecule has 0 bridgehead atoms. The Hall–Kier alpha value is -1.67. The first-order valence-electron chi connectivity index (χ1n) is 7.86. The van der Waals surface area contributed by atoms with E-state index in [1.807, 2.05) is 12.1 Å². The number of halogens is 1. The van der Waals surface area contributed by atoms with E-state index in [0.29, 0.717) is 6.04 Å². The molecule has 0 radical (unpaired) electrons. The van der Waals surface area contributed by atoms with Crippen molar-refractivity contribution in [1.29, 1.82) is 0 Å². The number of nitrogens with one attached hydrogen (secondary N) is 1. The van der Waals surface area contributed by atoms with Crippen molar-refractivity contribution in [3.05, 3.63) is 71.5 Å². The van der Waals surface area contributed by atoms with Crippen LogP contribution in [0.4, 0.5) is 4.39 Å². The topological polar surface area (TPSA) is 12.0 Å². The lowest BCUT2D eigenvalue weighted by atomic mass is 10.0. The van der Waals surface area contributed by atoms with E-state index >= 15 is 0 Å². The molecule has 1 atom stereocenters. The van der Waals surface area contributed by atoms with Gasteiger partial charge in [0.1, 0.15) is 5.82 Å². The van der Waals surface area contributed by atoms with Gasteiger partial charge in [-0.3, -0.25) is 0 Å². The van der Waals surface area contributed by atoms with Gasteiger partial charge in [0, 0.05) is 6.04 Å². The Bertz CT molecular complexity index is 546. The molecule has 110 valence electrons. The minimum atomic E-state index is -0.155. The number of aryl methyl sites for hydroxylation is 1. The molecule has 1 fully saturated rings. The molecule has 0 aliphatic heterocycles. The second-order valence-corrected chi connectivity index (χ2v) is 5.91. The zero-order valence-electron chi connectivity index (χ0n) is 12.3. The second-order valence-electron chi connectivity index (χ2n) is 5.91. The van der Waals surface area contributed by atoms with Crippen LogP contribution in [0.25, 0.3) is 0 Å². The van der Waals surface area contributed by atoms with Crippen LogP contribution in [-0.4, -0.2) is 6.54 Å². The smallest absolute Gasteiger partial charge is 0.123 e. The van der Waals surface area contributed by atoms with Crippen LogP contribution in [0.2, 0.25) is 0 Å². The second kappa shape index (κ2) is 6.86. The number of rotatable bonds is 7. The van der Waals surface area contributed by atoms with E-state index < -0.39 is 0 Å². The highest BCUT2D eigenvalue weighted by Gasteiger charge is 2.31. The highest BCUT2D eigenvalue weighted by Crippen LogP contribution is 2.40. The monoisotopic (exact) mass is 283 g/mol. The van der Waals surface area contributed by atoms with Gasteiger partial charge < -0.3 is 5.32 Å². The lowest BCUT2D eigenvalue weighted by molar-refractivity contribution is 0.474. The quantitative estimate of drug-likeness (QED) is 0.738. The van der Waals surface area contributed by atoms with Crippen LogP contribution in [0.5, 0.6) is 0 Å². The van der Waals surface area contributed by atoms with Gasteiger partial charge in [0.05, 0.1) is 0 Å². The first kappa shape index (κ1) is 14.3. The molecule has 1 N–H and O–H groups in total. The van der Waals surface area contributed by atoms with Crippen LogP contribution in [-0.2, 0) is 6.42 Å². The molecule has 21 heavy (non-hydrogen) atoms. The van der Waals surface area contributed by atoms with Gasteiger partial charge in [-0.2, -0.15) is 0 Å². The summed E-state index contributed by atoms with van der Waals surface area (Å²) in [6.07, 6.45) is 4.81. The van der Waals surface area contributed by atoms with Crippen LogP contribution < -0.4 is 5.32 Å². The van der Waals surface area contributed by atoms with Gasteiger partial charge in [0.2, 0.25) is 0 Å². The summed E-state index contributed by atoms with van der Waals surface area (Å²) in [7, 11) is 0. The molecule has 1 unspecified atom stereocenters. The van der Waals surface area contributed by atoms with Crippen molar-refractivity contribution in [2.75, 3.05) is 6.54 Å². The van der Waals surface area contributed by atoms with E-state index in [0.717, 1.165) is 25.3 Å². The fourth-order valence-corrected chi connectivity index (χ4v) is 2.85. The Morgan fingerprint density at radius 1 is 1.00 bits per heavy atom. The van der Waals surface area contributed by atoms with Crippen molar-refractivity contribution >= 4 is 0 Å². The first-order valence-corrected chi connectivity index (χ1v) is 7.86.